The van der Waals surface area contributed by atoms with Crippen LogP contribution in [0.4, 0.5) is 0 Å². The molecule has 2 aromatic rings. The van der Waals surface area contributed by atoms with Crippen molar-refractivity contribution in [2.24, 2.45) is 5.92 Å². The maximum absolute atomic E-state index is 11.6. The van der Waals surface area contributed by atoms with Gasteiger partial charge in [0, 0.05) is 42.2 Å². The van der Waals surface area contributed by atoms with E-state index >= 15 is 0 Å². The van der Waals surface area contributed by atoms with Crippen molar-refractivity contribution in [3.8, 4) is 11.8 Å². The summed E-state index contributed by atoms with van der Waals surface area (Å²) in [4.78, 5) is 2.60. The summed E-state index contributed by atoms with van der Waals surface area (Å²) in [6.45, 7) is 4.18. The molecule has 0 spiro atoms. The van der Waals surface area contributed by atoms with E-state index in [9.17, 15) is 18.8 Å². The van der Waals surface area contributed by atoms with Crippen LogP contribution in [0.1, 0.15) is 30.4 Å². The second-order valence-corrected chi connectivity index (χ2v) is 10.7. The molecule has 2 aromatic carbocycles. The predicted octanol–water partition coefficient (Wildman–Crippen LogP) is 3.48. The van der Waals surface area contributed by atoms with Gasteiger partial charge in [0.2, 0.25) is 0 Å². The number of ether oxygens (including phenoxy) is 1. The van der Waals surface area contributed by atoms with Crippen molar-refractivity contribution in [2.75, 3.05) is 32.6 Å². The summed E-state index contributed by atoms with van der Waals surface area (Å²) in [6.07, 6.45) is 2.15. The van der Waals surface area contributed by atoms with Crippen molar-refractivity contribution in [2.45, 2.75) is 30.2 Å². The summed E-state index contributed by atoms with van der Waals surface area (Å²) in [5, 5.41) is 19.6. The Morgan fingerprint density at radius 1 is 1.29 bits per heavy atom. The van der Waals surface area contributed by atoms with Crippen LogP contribution in [0.2, 0.25) is 5.02 Å². The third-order valence-electron chi connectivity index (χ3n) is 5.72. The van der Waals surface area contributed by atoms with Crippen molar-refractivity contribution in [1.29, 1.82) is 5.26 Å². The van der Waals surface area contributed by atoms with Crippen LogP contribution in [0.15, 0.2) is 47.4 Å². The van der Waals surface area contributed by atoms with Crippen molar-refractivity contribution in [3.63, 3.8) is 0 Å². The molecule has 31 heavy (non-hydrogen) atoms. The van der Waals surface area contributed by atoms with E-state index in [1.807, 2.05) is 6.07 Å². The minimum atomic E-state index is -3.22. The summed E-state index contributed by atoms with van der Waals surface area (Å²) in [6, 6.07) is 14.1. The molecule has 1 fully saturated rings. The van der Waals surface area contributed by atoms with Crippen LogP contribution in [0.25, 0.3) is 0 Å². The Labute approximate surface area is 188 Å². The zero-order chi connectivity index (χ0) is 22.6. The molecule has 3 rings (SSSR count). The Bertz CT molecular complexity index is 1050. The maximum Gasteiger partial charge on any atom is 0.175 e. The molecule has 1 aliphatic heterocycles. The van der Waals surface area contributed by atoms with Gasteiger partial charge in [-0.25, -0.2) is 8.42 Å². The van der Waals surface area contributed by atoms with Crippen molar-refractivity contribution >= 4 is 21.4 Å². The van der Waals surface area contributed by atoms with Gasteiger partial charge in [-0.15, -0.1) is 0 Å². The Balaban J connectivity index is 1.59. The largest absolute Gasteiger partial charge is 0.493 e. The molecule has 0 amide bonds. The molecule has 1 N–H and O–H groups in total. The summed E-state index contributed by atoms with van der Waals surface area (Å²) in [7, 11) is -3.22. The van der Waals surface area contributed by atoms with Crippen LogP contribution in [0, 0.1) is 17.2 Å². The Kier molecular flexibility index (Phi) is 7.60. The maximum atomic E-state index is 11.6. The molecule has 166 valence electrons. The Hall–Kier alpha value is -2.11. The quantitative estimate of drug-likeness (QED) is 0.645. The molecule has 0 saturated carbocycles. The highest BCUT2D eigenvalue weighted by Gasteiger charge is 2.31. The van der Waals surface area contributed by atoms with Gasteiger partial charge in [0.15, 0.2) is 9.84 Å². The number of nitrogens with zero attached hydrogens (tertiary/aromatic N) is 2. The number of hydrogen-bond acceptors (Lipinski definition) is 6. The Morgan fingerprint density at radius 2 is 2.00 bits per heavy atom. The fourth-order valence-corrected chi connectivity index (χ4v) is 4.93. The second-order valence-electron chi connectivity index (χ2n) is 8.22. The van der Waals surface area contributed by atoms with Gasteiger partial charge in [-0.05, 0) is 61.4 Å². The number of nitriles is 1. The zero-order valence-electron chi connectivity index (χ0n) is 17.7. The predicted molar refractivity (Wildman–Crippen MR) is 120 cm³/mol. The molecule has 6 nitrogen and oxygen atoms in total. The number of halogens is 1. The molecule has 1 heterocycles. The van der Waals surface area contributed by atoms with Crippen LogP contribution < -0.4 is 4.74 Å². The monoisotopic (exact) mass is 462 g/mol. The van der Waals surface area contributed by atoms with Crippen LogP contribution in [-0.4, -0.2) is 57.0 Å². The van der Waals surface area contributed by atoms with Crippen molar-refractivity contribution < 1.29 is 18.3 Å². The first-order chi connectivity index (χ1) is 14.7. The highest BCUT2D eigenvalue weighted by Crippen LogP contribution is 2.29. The van der Waals surface area contributed by atoms with E-state index in [-0.39, 0.29) is 17.4 Å². The number of aliphatic hydroxyl groups is 1. The van der Waals surface area contributed by atoms with E-state index in [0.29, 0.717) is 41.4 Å². The van der Waals surface area contributed by atoms with Gasteiger partial charge in [0.05, 0.1) is 29.7 Å². The van der Waals surface area contributed by atoms with E-state index in [4.69, 9.17) is 16.3 Å². The lowest BCUT2D eigenvalue weighted by Crippen LogP contribution is -2.33. The fourth-order valence-electron chi connectivity index (χ4n) is 4.05. The summed E-state index contributed by atoms with van der Waals surface area (Å²) in [5.74, 6) is 0.851. The van der Waals surface area contributed by atoms with Gasteiger partial charge < -0.3 is 9.84 Å². The van der Waals surface area contributed by atoms with Crippen molar-refractivity contribution in [3.05, 3.63) is 58.6 Å². The van der Waals surface area contributed by atoms with Crippen molar-refractivity contribution in [1.82, 2.24) is 4.90 Å². The molecule has 3 unspecified atom stereocenters. The minimum absolute atomic E-state index is 0.0255. The molecule has 3 atom stereocenters. The molecule has 0 radical (unpaired) electrons. The minimum Gasteiger partial charge on any atom is -0.493 e. The highest BCUT2D eigenvalue weighted by molar-refractivity contribution is 7.90. The lowest BCUT2D eigenvalue weighted by molar-refractivity contribution is 0.188. The third kappa shape index (κ3) is 6.20. The lowest BCUT2D eigenvalue weighted by atomic mass is 9.97. The summed E-state index contributed by atoms with van der Waals surface area (Å²) < 4.78 is 29.0. The average Bonchev–Trinajstić information content (AvgIpc) is 3.08. The number of benzene rings is 2. The van der Waals surface area contributed by atoms with Gasteiger partial charge >= 0.3 is 0 Å². The summed E-state index contributed by atoms with van der Waals surface area (Å²) in [5.41, 5.74) is 1.35. The second kappa shape index (κ2) is 10.0. The fraction of sp³-hybridized carbons (Fsp3) is 0.435. The number of rotatable bonds is 8. The number of hydrogen-bond donors (Lipinski definition) is 1. The molecule has 8 heteroatoms. The van der Waals surface area contributed by atoms with Gasteiger partial charge in [-0.1, -0.05) is 11.6 Å². The molecule has 0 aliphatic carbocycles. The molecule has 1 saturated heterocycles. The zero-order valence-corrected chi connectivity index (χ0v) is 19.2. The normalized spacial score (nSPS) is 20.4. The molecular formula is C23H27ClN2O4S. The van der Waals surface area contributed by atoms with Gasteiger partial charge in [0.1, 0.15) is 5.75 Å². The van der Waals surface area contributed by atoms with E-state index in [1.165, 1.54) is 6.26 Å². The Morgan fingerprint density at radius 3 is 2.61 bits per heavy atom. The van der Waals surface area contributed by atoms with Crippen LogP contribution in [-0.2, 0) is 9.84 Å². The lowest BCUT2D eigenvalue weighted by Gasteiger charge is -2.26. The molecule has 0 aromatic heterocycles. The number of aliphatic hydroxyl groups excluding tert-OH is 1. The highest BCUT2D eigenvalue weighted by atomic mass is 35.5. The van der Waals surface area contributed by atoms with Gasteiger partial charge in [-0.3, -0.25) is 4.90 Å². The van der Waals surface area contributed by atoms with Crippen LogP contribution in [0.3, 0.4) is 0 Å². The smallest absolute Gasteiger partial charge is 0.175 e. The van der Waals surface area contributed by atoms with Gasteiger partial charge in [0.25, 0.3) is 0 Å². The molecule has 0 bridgehead atoms. The average molecular weight is 463 g/mol. The van der Waals surface area contributed by atoms with E-state index < -0.39 is 9.84 Å². The first kappa shape index (κ1) is 23.6. The standard InChI is InChI=1S/C23H27ClN2O4S/c1-16-7-18(15-30-22-3-5-23(6-4-22)31(2,28)29)12-26(16)13-20(14-27)19-8-17(11-25)9-21(24)10-19/h3-6,8-10,16,18,20,27H,7,12-15H2,1-2H3. The number of likely N-dealkylation sites (tertiary alicyclic amines) is 1. The van der Waals surface area contributed by atoms with Crippen LogP contribution >= 0.6 is 11.6 Å². The van der Waals surface area contributed by atoms with E-state index in [0.717, 1.165) is 18.5 Å². The first-order valence-electron chi connectivity index (χ1n) is 10.2. The summed E-state index contributed by atoms with van der Waals surface area (Å²) >= 11 is 6.14. The van der Waals surface area contributed by atoms with Crippen LogP contribution in [0.5, 0.6) is 5.75 Å². The molecule has 1 aliphatic rings. The van der Waals surface area contributed by atoms with Gasteiger partial charge in [-0.2, -0.15) is 5.26 Å². The topological polar surface area (TPSA) is 90.6 Å². The number of sulfone groups is 1. The third-order valence-corrected chi connectivity index (χ3v) is 7.07. The SMILES string of the molecule is CC1CC(COc2ccc(S(C)(=O)=O)cc2)CN1CC(CO)c1cc(Cl)cc(C#N)c1. The van der Waals surface area contributed by atoms with E-state index in [2.05, 4.69) is 17.9 Å². The molecular weight excluding hydrogens is 436 g/mol. The first-order valence-corrected chi connectivity index (χ1v) is 12.4. The van der Waals surface area contributed by atoms with E-state index in [1.54, 1.807) is 36.4 Å².